The molecule has 0 unspecified atom stereocenters. The number of ether oxygens (including phenoxy) is 1. The molecule has 0 heterocycles. The molecule has 1 fully saturated rings. The molecule has 0 aromatic rings. The monoisotopic (exact) mass is 199 g/mol. The van der Waals surface area contributed by atoms with E-state index in [4.69, 9.17) is 10.5 Å². The number of hydrogen-bond acceptors (Lipinski definition) is 3. The standard InChI is InChI=1S/C11H21NO2/c1-7-5-6-8(9(7)12)10(13)14-11(2,3)4/h7-9H,5-6,12H2,1-4H3/t7-,8+,9+/m1/s1. The number of carbonyl (C=O) groups excluding carboxylic acids is 1. The van der Waals surface area contributed by atoms with Gasteiger partial charge in [0.2, 0.25) is 0 Å². The Kier molecular flexibility index (Phi) is 3.20. The second kappa shape index (κ2) is 3.89. The molecule has 0 aliphatic heterocycles. The van der Waals surface area contributed by atoms with E-state index in [1.54, 1.807) is 0 Å². The zero-order valence-electron chi connectivity index (χ0n) is 9.54. The molecule has 3 atom stereocenters. The first-order chi connectivity index (χ1) is 6.31. The topological polar surface area (TPSA) is 52.3 Å². The van der Waals surface area contributed by atoms with Gasteiger partial charge in [0.1, 0.15) is 5.60 Å². The number of hydrogen-bond donors (Lipinski definition) is 1. The normalized spacial score (nSPS) is 33.1. The van der Waals surface area contributed by atoms with Crippen LogP contribution in [0.3, 0.4) is 0 Å². The largest absolute Gasteiger partial charge is 0.460 e. The summed E-state index contributed by atoms with van der Waals surface area (Å²) in [6, 6.07) is -0.0233. The van der Waals surface area contributed by atoms with Gasteiger partial charge in [-0.15, -0.1) is 0 Å². The summed E-state index contributed by atoms with van der Waals surface area (Å²) < 4.78 is 5.32. The lowest BCUT2D eigenvalue weighted by atomic mass is 10.00. The van der Waals surface area contributed by atoms with E-state index < -0.39 is 5.60 Å². The molecular formula is C11H21NO2. The maximum Gasteiger partial charge on any atom is 0.311 e. The van der Waals surface area contributed by atoms with E-state index in [1.165, 1.54) is 0 Å². The molecule has 1 aliphatic rings. The van der Waals surface area contributed by atoms with Crippen molar-refractivity contribution in [1.29, 1.82) is 0 Å². The van der Waals surface area contributed by atoms with Crippen molar-refractivity contribution in [3.8, 4) is 0 Å². The molecule has 3 heteroatoms. The van der Waals surface area contributed by atoms with Gasteiger partial charge in [-0.25, -0.2) is 0 Å². The molecule has 0 spiro atoms. The predicted octanol–water partition coefficient (Wildman–Crippen LogP) is 1.70. The Labute approximate surface area is 86.0 Å². The van der Waals surface area contributed by atoms with Crippen molar-refractivity contribution >= 4 is 5.97 Å². The summed E-state index contributed by atoms with van der Waals surface area (Å²) in [5.41, 5.74) is 5.54. The van der Waals surface area contributed by atoms with Crippen LogP contribution in [0.5, 0.6) is 0 Å². The fraction of sp³-hybridized carbons (Fsp3) is 0.909. The quantitative estimate of drug-likeness (QED) is 0.654. The van der Waals surface area contributed by atoms with Crippen LogP contribution < -0.4 is 5.73 Å². The summed E-state index contributed by atoms with van der Waals surface area (Å²) in [4.78, 5) is 11.7. The number of esters is 1. The second-order valence-corrected chi connectivity index (χ2v) is 5.27. The lowest BCUT2D eigenvalue weighted by Gasteiger charge is -2.24. The number of nitrogens with two attached hydrogens (primary N) is 1. The number of carbonyl (C=O) groups is 1. The van der Waals surface area contributed by atoms with E-state index in [0.29, 0.717) is 5.92 Å². The van der Waals surface area contributed by atoms with E-state index in [0.717, 1.165) is 12.8 Å². The highest BCUT2D eigenvalue weighted by atomic mass is 16.6. The van der Waals surface area contributed by atoms with Crippen LogP contribution in [0.15, 0.2) is 0 Å². The second-order valence-electron chi connectivity index (χ2n) is 5.27. The molecule has 82 valence electrons. The van der Waals surface area contributed by atoms with Gasteiger partial charge in [0.05, 0.1) is 5.92 Å². The molecule has 1 saturated carbocycles. The van der Waals surface area contributed by atoms with E-state index >= 15 is 0 Å². The molecule has 0 aromatic carbocycles. The van der Waals surface area contributed by atoms with Crippen LogP contribution in [0.4, 0.5) is 0 Å². The Morgan fingerprint density at radius 2 is 1.93 bits per heavy atom. The predicted molar refractivity (Wildman–Crippen MR) is 55.7 cm³/mol. The summed E-state index contributed by atoms with van der Waals surface area (Å²) in [5.74, 6) is 0.214. The third-order valence-corrected chi connectivity index (χ3v) is 2.76. The molecular weight excluding hydrogens is 178 g/mol. The van der Waals surface area contributed by atoms with Gasteiger partial charge in [0.15, 0.2) is 0 Å². The molecule has 0 bridgehead atoms. The summed E-state index contributed by atoms with van der Waals surface area (Å²) in [6.45, 7) is 7.74. The smallest absolute Gasteiger partial charge is 0.311 e. The average molecular weight is 199 g/mol. The summed E-state index contributed by atoms with van der Waals surface area (Å²) >= 11 is 0. The average Bonchev–Trinajstić information content (AvgIpc) is 2.29. The molecule has 1 rings (SSSR count). The van der Waals surface area contributed by atoms with Crippen LogP contribution in [-0.2, 0) is 9.53 Å². The van der Waals surface area contributed by atoms with Gasteiger partial charge < -0.3 is 10.5 Å². The van der Waals surface area contributed by atoms with Gasteiger partial charge in [-0.2, -0.15) is 0 Å². The van der Waals surface area contributed by atoms with Gasteiger partial charge in [0.25, 0.3) is 0 Å². The van der Waals surface area contributed by atoms with Crippen LogP contribution in [0, 0.1) is 11.8 Å². The van der Waals surface area contributed by atoms with Crippen LogP contribution in [0.1, 0.15) is 40.5 Å². The maximum atomic E-state index is 11.7. The zero-order chi connectivity index (χ0) is 10.9. The lowest BCUT2D eigenvalue weighted by Crippen LogP contribution is -2.38. The van der Waals surface area contributed by atoms with Crippen molar-refractivity contribution in [2.75, 3.05) is 0 Å². The highest BCUT2D eigenvalue weighted by Gasteiger charge is 2.37. The van der Waals surface area contributed by atoms with E-state index in [-0.39, 0.29) is 17.9 Å². The van der Waals surface area contributed by atoms with Crippen molar-refractivity contribution < 1.29 is 9.53 Å². The Bertz CT molecular complexity index is 220. The highest BCUT2D eigenvalue weighted by molar-refractivity contribution is 5.74. The maximum absolute atomic E-state index is 11.7. The summed E-state index contributed by atoms with van der Waals surface area (Å²) in [6.07, 6.45) is 1.91. The minimum Gasteiger partial charge on any atom is -0.460 e. The lowest BCUT2D eigenvalue weighted by molar-refractivity contribution is -0.160. The fourth-order valence-electron chi connectivity index (χ4n) is 1.88. The minimum absolute atomic E-state index is 0.0233. The van der Waals surface area contributed by atoms with Gasteiger partial charge in [-0.1, -0.05) is 6.92 Å². The van der Waals surface area contributed by atoms with Crippen molar-refractivity contribution in [2.24, 2.45) is 17.6 Å². The van der Waals surface area contributed by atoms with E-state index in [1.807, 2.05) is 20.8 Å². The third kappa shape index (κ3) is 2.71. The first-order valence-electron chi connectivity index (χ1n) is 5.29. The molecule has 0 aromatic heterocycles. The van der Waals surface area contributed by atoms with Gasteiger partial charge in [0, 0.05) is 6.04 Å². The molecule has 0 radical (unpaired) electrons. The Morgan fingerprint density at radius 3 is 2.29 bits per heavy atom. The fourth-order valence-corrected chi connectivity index (χ4v) is 1.88. The van der Waals surface area contributed by atoms with Crippen LogP contribution in [0.25, 0.3) is 0 Å². The molecule has 3 nitrogen and oxygen atoms in total. The minimum atomic E-state index is -0.400. The first kappa shape index (κ1) is 11.5. The van der Waals surface area contributed by atoms with Gasteiger partial charge in [-0.05, 0) is 39.5 Å². The summed E-state index contributed by atoms with van der Waals surface area (Å²) in [5, 5.41) is 0. The highest BCUT2D eigenvalue weighted by Crippen LogP contribution is 2.31. The van der Waals surface area contributed by atoms with Gasteiger partial charge in [-0.3, -0.25) is 4.79 Å². The van der Waals surface area contributed by atoms with Crippen LogP contribution in [0.2, 0.25) is 0 Å². The van der Waals surface area contributed by atoms with E-state index in [9.17, 15) is 4.79 Å². The molecule has 0 saturated heterocycles. The third-order valence-electron chi connectivity index (χ3n) is 2.76. The number of rotatable bonds is 1. The van der Waals surface area contributed by atoms with Crippen molar-refractivity contribution in [3.63, 3.8) is 0 Å². The molecule has 1 aliphatic carbocycles. The van der Waals surface area contributed by atoms with Crippen molar-refractivity contribution in [2.45, 2.75) is 52.2 Å². The molecule has 14 heavy (non-hydrogen) atoms. The van der Waals surface area contributed by atoms with Crippen molar-refractivity contribution in [1.82, 2.24) is 0 Å². The summed E-state index contributed by atoms with van der Waals surface area (Å²) in [7, 11) is 0. The first-order valence-corrected chi connectivity index (χ1v) is 5.29. The van der Waals surface area contributed by atoms with Crippen LogP contribution >= 0.6 is 0 Å². The van der Waals surface area contributed by atoms with Crippen LogP contribution in [-0.4, -0.2) is 17.6 Å². The Balaban J connectivity index is 2.54. The SMILES string of the molecule is C[C@@H]1CC[C@H](C(=O)OC(C)(C)C)[C@H]1N. The molecule has 0 amide bonds. The van der Waals surface area contributed by atoms with Crippen molar-refractivity contribution in [3.05, 3.63) is 0 Å². The van der Waals surface area contributed by atoms with E-state index in [2.05, 4.69) is 6.92 Å². The molecule has 2 N–H and O–H groups in total. The van der Waals surface area contributed by atoms with Gasteiger partial charge >= 0.3 is 5.97 Å². The Hall–Kier alpha value is -0.570. The Morgan fingerprint density at radius 1 is 1.36 bits per heavy atom. The zero-order valence-corrected chi connectivity index (χ0v) is 9.54.